The number of thioether (sulfide) groups is 1. The summed E-state index contributed by atoms with van der Waals surface area (Å²) in [5.74, 6) is -0.612. The summed E-state index contributed by atoms with van der Waals surface area (Å²) in [7, 11) is 0. The third-order valence-electron chi connectivity index (χ3n) is 11.7. The Morgan fingerprint density at radius 3 is 1.61 bits per heavy atom. The number of carbonyl (C=O) groups excluding carboxylic acids is 3. The monoisotopic (exact) mass is 898 g/mol. The van der Waals surface area contributed by atoms with Gasteiger partial charge in [0.2, 0.25) is 5.91 Å². The van der Waals surface area contributed by atoms with Crippen LogP contribution in [0, 0.1) is 0 Å². The number of anilines is 1. The maximum atomic E-state index is 12.9. The van der Waals surface area contributed by atoms with Crippen LogP contribution < -0.4 is 11.1 Å². The van der Waals surface area contributed by atoms with E-state index in [1.54, 1.807) is 0 Å². The third-order valence-corrected chi connectivity index (χ3v) is 12.9. The van der Waals surface area contributed by atoms with Crippen molar-refractivity contribution in [2.45, 2.75) is 243 Å². The molecule has 14 nitrogen and oxygen atoms in total. The van der Waals surface area contributed by atoms with Crippen LogP contribution in [0.1, 0.15) is 213 Å². The molecular weight excluding hydrogens is 811 g/mol. The van der Waals surface area contributed by atoms with Crippen LogP contribution in [-0.4, -0.2) is 103 Å². The second kappa shape index (κ2) is 37.0. The Morgan fingerprint density at radius 1 is 0.710 bits per heavy atom. The van der Waals surface area contributed by atoms with Gasteiger partial charge in [0.15, 0.2) is 12.0 Å². The molecule has 0 bridgehead atoms. The van der Waals surface area contributed by atoms with Gasteiger partial charge in [0, 0.05) is 24.3 Å². The fourth-order valence-corrected chi connectivity index (χ4v) is 8.69. The second-order valence-corrected chi connectivity index (χ2v) is 18.5. The number of ether oxygens (including phenoxy) is 3. The lowest BCUT2D eigenvalue weighted by molar-refractivity contribution is -0.157. The molecule has 0 aromatic carbocycles. The molecule has 1 fully saturated rings. The van der Waals surface area contributed by atoms with Gasteiger partial charge in [-0.3, -0.25) is 14.4 Å². The first kappa shape index (κ1) is 55.8. The Hall–Kier alpha value is -2.30. The van der Waals surface area contributed by atoms with Crippen LogP contribution in [0.4, 0.5) is 5.82 Å². The molecule has 1 aromatic heterocycles. The summed E-state index contributed by atoms with van der Waals surface area (Å²) in [5.41, 5.74) is 6.18. The molecule has 0 radical (unpaired) electrons. The zero-order chi connectivity index (χ0) is 45.0. The number of unbranched alkanes of at least 4 members (excludes halogenated alkanes) is 26. The highest BCUT2D eigenvalue weighted by atomic mass is 32.2. The molecule has 1 aliphatic rings. The summed E-state index contributed by atoms with van der Waals surface area (Å²) < 4.78 is 18.0. The smallest absolute Gasteiger partial charge is 0.306 e. The van der Waals surface area contributed by atoms with Crippen LogP contribution in [-0.2, 0) is 28.6 Å². The van der Waals surface area contributed by atoms with E-state index in [4.69, 9.17) is 19.9 Å². The Balaban J connectivity index is 1.70. The maximum Gasteiger partial charge on any atom is 0.306 e. The maximum absolute atomic E-state index is 12.9. The highest BCUT2D eigenvalue weighted by molar-refractivity contribution is 7.99. The molecule has 2 rings (SSSR count). The fourth-order valence-electron chi connectivity index (χ4n) is 7.72. The van der Waals surface area contributed by atoms with E-state index < -0.39 is 49.2 Å². The number of nitrogens with zero attached hydrogens (tertiary/aromatic N) is 3. The number of hydrogen-bond acceptors (Lipinski definition) is 13. The molecule has 1 aromatic rings. The Morgan fingerprint density at radius 2 is 1.16 bits per heavy atom. The lowest BCUT2D eigenvalue weighted by Crippen LogP contribution is -2.38. The zero-order valence-corrected chi connectivity index (χ0v) is 39.5. The summed E-state index contributed by atoms with van der Waals surface area (Å²) in [6.07, 6.45) is 31.2. The van der Waals surface area contributed by atoms with Crippen LogP contribution in [0.3, 0.4) is 0 Å². The minimum Gasteiger partial charge on any atom is -0.462 e. The molecule has 1 unspecified atom stereocenters. The van der Waals surface area contributed by atoms with Crippen LogP contribution in [0.5, 0.6) is 0 Å². The van der Waals surface area contributed by atoms with E-state index in [1.165, 1.54) is 159 Å². The van der Waals surface area contributed by atoms with E-state index in [9.17, 15) is 29.7 Å². The van der Waals surface area contributed by atoms with Crippen molar-refractivity contribution in [2.24, 2.45) is 5.73 Å². The van der Waals surface area contributed by atoms with Crippen molar-refractivity contribution in [1.29, 1.82) is 0 Å². The van der Waals surface area contributed by atoms with Crippen LogP contribution in [0.2, 0.25) is 0 Å². The quantitative estimate of drug-likeness (QED) is 0.0307. The predicted octanol–water partition coefficient (Wildman–Crippen LogP) is 9.09. The van der Waals surface area contributed by atoms with Gasteiger partial charge in [-0.1, -0.05) is 186 Å². The highest BCUT2D eigenvalue weighted by Crippen LogP contribution is 2.29. The molecule has 6 N–H and O–H groups in total. The van der Waals surface area contributed by atoms with Gasteiger partial charge in [-0.2, -0.15) is 11.8 Å². The number of carbonyl (C=O) groups is 3. The van der Waals surface area contributed by atoms with Gasteiger partial charge in [0.25, 0.3) is 0 Å². The number of aliphatic hydroxyl groups is 3. The van der Waals surface area contributed by atoms with Gasteiger partial charge < -0.3 is 40.6 Å². The summed E-state index contributed by atoms with van der Waals surface area (Å²) in [6.45, 7) is 3.97. The number of aromatic nitrogens is 3. The van der Waals surface area contributed by atoms with E-state index in [0.717, 1.165) is 43.2 Å². The molecule has 360 valence electrons. The first-order valence-electron chi connectivity index (χ1n) is 24.7. The molecule has 0 aliphatic carbocycles. The summed E-state index contributed by atoms with van der Waals surface area (Å²) in [4.78, 5) is 38.4. The normalized spacial score (nSPS) is 18.5. The predicted molar refractivity (Wildman–Crippen MR) is 248 cm³/mol. The van der Waals surface area contributed by atoms with Gasteiger partial charge in [-0.15, -0.1) is 5.10 Å². The average Bonchev–Trinajstić information content (AvgIpc) is 3.84. The fraction of sp³-hybridized carbons (Fsp3) is 0.894. The Labute approximate surface area is 378 Å². The van der Waals surface area contributed by atoms with E-state index >= 15 is 0 Å². The largest absolute Gasteiger partial charge is 0.462 e. The van der Waals surface area contributed by atoms with Gasteiger partial charge in [-0.25, -0.2) is 4.68 Å². The van der Waals surface area contributed by atoms with Crippen molar-refractivity contribution in [1.82, 2.24) is 15.0 Å². The molecule has 6 atom stereocenters. The number of nitrogens with one attached hydrogen (secondary N) is 1. The van der Waals surface area contributed by atoms with E-state index in [1.807, 2.05) is 0 Å². The van der Waals surface area contributed by atoms with Crippen molar-refractivity contribution < 1.29 is 43.9 Å². The van der Waals surface area contributed by atoms with E-state index in [2.05, 4.69) is 29.5 Å². The summed E-state index contributed by atoms with van der Waals surface area (Å²) >= 11 is 1.32. The Kier molecular flexibility index (Phi) is 33.3. The molecule has 2 heterocycles. The molecule has 0 spiro atoms. The standard InChI is InChI=1S/C47H87N5O9S/c1-3-5-7-9-11-13-15-17-19-21-23-25-27-29-31-42(54)59-35-38(60-43(55)32-30-28-26-24-22-20-18-16-14-12-10-8-6-4-2)36-62-37-39(48)46(58)49-41-33-52(51-50-41)47-45(57)44(56)40(34-53)61-47/h33,38-40,44-45,47,53,56-57H,3-32,34-37,48H2,1-2H3,(H,49,58)/t38-,39-,40?,44-,45-,47+/m1/s1. The first-order valence-corrected chi connectivity index (χ1v) is 25.9. The average molecular weight is 898 g/mol. The Bertz CT molecular complexity index is 1280. The van der Waals surface area contributed by atoms with Crippen molar-refractivity contribution in [3.63, 3.8) is 0 Å². The van der Waals surface area contributed by atoms with Crippen LogP contribution in [0.15, 0.2) is 6.20 Å². The van der Waals surface area contributed by atoms with Crippen molar-refractivity contribution in [3.8, 4) is 0 Å². The minimum atomic E-state index is -1.35. The molecule has 62 heavy (non-hydrogen) atoms. The van der Waals surface area contributed by atoms with Gasteiger partial charge >= 0.3 is 11.9 Å². The lowest BCUT2D eigenvalue weighted by Gasteiger charge is -2.19. The number of nitrogens with two attached hydrogens (primary N) is 1. The van der Waals surface area contributed by atoms with Crippen LogP contribution in [0.25, 0.3) is 0 Å². The number of rotatable bonds is 41. The molecule has 1 aliphatic heterocycles. The van der Waals surface area contributed by atoms with Gasteiger partial charge in [0.05, 0.1) is 18.8 Å². The van der Waals surface area contributed by atoms with Gasteiger partial charge in [0.1, 0.15) is 31.0 Å². The van der Waals surface area contributed by atoms with Crippen LogP contribution >= 0.6 is 11.8 Å². The van der Waals surface area contributed by atoms with E-state index in [-0.39, 0.29) is 30.1 Å². The lowest BCUT2D eigenvalue weighted by atomic mass is 10.0. The SMILES string of the molecule is CCCCCCCCCCCCCCCCC(=O)OC[C@H](CSC[C@@H](N)C(=O)Nc1cn([C@H]2OC(CO)[C@@H](O)[C@H]2O)nn1)OC(=O)CCCCCCCCCCCCCCCC. The molecular formula is C47H87N5O9S. The molecule has 0 saturated carbocycles. The summed E-state index contributed by atoms with van der Waals surface area (Å²) in [6, 6.07) is -0.950. The van der Waals surface area contributed by atoms with Crippen molar-refractivity contribution in [2.75, 3.05) is 30.0 Å². The number of esters is 2. The topological polar surface area (TPSA) is 208 Å². The van der Waals surface area contributed by atoms with Crippen molar-refractivity contribution in [3.05, 3.63) is 6.20 Å². The third kappa shape index (κ3) is 26.5. The highest BCUT2D eigenvalue weighted by Gasteiger charge is 2.44. The first-order chi connectivity index (χ1) is 30.2. The van der Waals surface area contributed by atoms with Crippen molar-refractivity contribution >= 4 is 35.4 Å². The zero-order valence-electron chi connectivity index (χ0n) is 38.7. The van der Waals surface area contributed by atoms with E-state index in [0.29, 0.717) is 18.6 Å². The number of hydrogen-bond donors (Lipinski definition) is 5. The molecule has 1 saturated heterocycles. The molecule has 1 amide bonds. The number of aliphatic hydroxyl groups excluding tert-OH is 3. The van der Waals surface area contributed by atoms with Gasteiger partial charge in [-0.05, 0) is 12.8 Å². The molecule has 15 heteroatoms. The second-order valence-electron chi connectivity index (χ2n) is 17.4. The number of amides is 1. The minimum absolute atomic E-state index is 0.0552. The summed E-state index contributed by atoms with van der Waals surface area (Å²) in [5, 5.41) is 40.0.